The van der Waals surface area contributed by atoms with Gasteiger partial charge in [-0.2, -0.15) is 5.10 Å². The average molecular weight is 537 g/mol. The number of Topliss-reactive ketones (excluding diaryl/α,β-unsaturated/α-hetero) is 1. The molecule has 0 aromatic carbocycles. The van der Waals surface area contributed by atoms with Crippen molar-refractivity contribution in [3.05, 3.63) is 66.1 Å². The molecule has 0 aliphatic carbocycles. The van der Waals surface area contributed by atoms with Gasteiger partial charge in [-0.25, -0.2) is 4.98 Å². The molecule has 0 aliphatic heterocycles. The lowest BCUT2D eigenvalue weighted by molar-refractivity contribution is -0.116. The smallest absolute Gasteiger partial charge is 0.238 e. The summed E-state index contributed by atoms with van der Waals surface area (Å²) in [6, 6.07) is 11.6. The number of pyridine rings is 3. The van der Waals surface area contributed by atoms with Crippen molar-refractivity contribution in [3.8, 4) is 33.1 Å². The predicted octanol–water partition coefficient (Wildman–Crippen LogP) is 4.99. The number of fused-ring (bicyclic) bond motifs is 2. The van der Waals surface area contributed by atoms with Crippen LogP contribution in [0.4, 0.5) is 5.69 Å². The van der Waals surface area contributed by atoms with Crippen molar-refractivity contribution < 1.29 is 9.59 Å². The number of carbonyl (C=O) groups excluding carboxylic acids is 2. The van der Waals surface area contributed by atoms with Gasteiger partial charge in [0.05, 0.1) is 39.6 Å². The summed E-state index contributed by atoms with van der Waals surface area (Å²) >= 11 is 1.43. The van der Waals surface area contributed by atoms with Gasteiger partial charge in [0.1, 0.15) is 5.69 Å². The third-order valence-electron chi connectivity index (χ3n) is 6.22. The maximum atomic E-state index is 12.2. The number of aromatic nitrogens is 6. The highest BCUT2D eigenvalue weighted by molar-refractivity contribution is 7.17. The second-order valence-corrected chi connectivity index (χ2v) is 10.5. The van der Waals surface area contributed by atoms with E-state index in [4.69, 9.17) is 0 Å². The molecule has 0 saturated carbocycles. The fraction of sp³-hybridized carbons (Fsp3) is 0.143. The third kappa shape index (κ3) is 4.80. The third-order valence-corrected chi connectivity index (χ3v) is 7.41. The number of rotatable bonds is 7. The fourth-order valence-electron chi connectivity index (χ4n) is 4.45. The number of aromatic amines is 2. The minimum absolute atomic E-state index is 0.0381. The number of nitrogens with zero attached hydrogens (tertiary/aromatic N) is 5. The zero-order valence-electron chi connectivity index (χ0n) is 21.4. The Morgan fingerprint density at radius 3 is 2.62 bits per heavy atom. The number of H-pyrrole nitrogens is 2. The molecule has 6 heterocycles. The van der Waals surface area contributed by atoms with Gasteiger partial charge in [-0.1, -0.05) is 0 Å². The number of carbonyl (C=O) groups is 2. The van der Waals surface area contributed by atoms with Crippen molar-refractivity contribution in [3.63, 3.8) is 0 Å². The Bertz CT molecular complexity index is 1870. The molecular formula is C28H24N8O2S. The normalized spacial score (nSPS) is 11.5. The van der Waals surface area contributed by atoms with Gasteiger partial charge in [0.2, 0.25) is 5.91 Å². The number of amides is 1. The monoisotopic (exact) mass is 536 g/mol. The first-order valence-electron chi connectivity index (χ1n) is 12.2. The molecule has 0 saturated heterocycles. The molecule has 3 N–H and O–H groups in total. The van der Waals surface area contributed by atoms with E-state index in [2.05, 4.69) is 35.5 Å². The number of anilines is 1. The van der Waals surface area contributed by atoms with Gasteiger partial charge < -0.3 is 15.2 Å². The first-order valence-corrected chi connectivity index (χ1v) is 13.0. The minimum atomic E-state index is -0.114. The van der Waals surface area contributed by atoms with Gasteiger partial charge in [-0.05, 0) is 57.4 Å². The Balaban J connectivity index is 1.37. The zero-order valence-corrected chi connectivity index (χ0v) is 22.3. The molecule has 0 spiro atoms. The SMILES string of the molecule is CC(=O)c1ccc(-c2nccc3[nH]c(-c4n[nH]c5ncc(-c6cncc(NC(=O)CN(C)C)c6)cc45)cc23)s1. The molecule has 0 radical (unpaired) electrons. The Labute approximate surface area is 227 Å². The van der Waals surface area contributed by atoms with Crippen LogP contribution in [0, 0.1) is 0 Å². The number of hydrogen-bond donors (Lipinski definition) is 3. The van der Waals surface area contributed by atoms with Crippen LogP contribution < -0.4 is 5.32 Å². The zero-order chi connectivity index (χ0) is 27.1. The second-order valence-electron chi connectivity index (χ2n) is 9.46. The van der Waals surface area contributed by atoms with Gasteiger partial charge in [0.15, 0.2) is 11.4 Å². The molecule has 0 bridgehead atoms. The van der Waals surface area contributed by atoms with Gasteiger partial charge in [0.25, 0.3) is 0 Å². The van der Waals surface area contributed by atoms with Gasteiger partial charge in [-0.15, -0.1) is 11.3 Å². The van der Waals surface area contributed by atoms with Crippen LogP contribution in [0.2, 0.25) is 0 Å². The molecule has 0 fully saturated rings. The highest BCUT2D eigenvalue weighted by Gasteiger charge is 2.17. The molecule has 39 heavy (non-hydrogen) atoms. The molecule has 6 aromatic heterocycles. The molecule has 0 aliphatic rings. The van der Waals surface area contributed by atoms with Crippen molar-refractivity contribution >= 4 is 50.7 Å². The predicted molar refractivity (Wildman–Crippen MR) is 153 cm³/mol. The summed E-state index contributed by atoms with van der Waals surface area (Å²) in [6.45, 7) is 1.85. The number of thiophene rings is 1. The molecule has 10 nitrogen and oxygen atoms in total. The maximum absolute atomic E-state index is 12.2. The van der Waals surface area contributed by atoms with Gasteiger partial charge in [-0.3, -0.25) is 24.7 Å². The topological polar surface area (TPSA) is 133 Å². The number of likely N-dealkylation sites (N-methyl/N-ethyl adjacent to an activating group) is 1. The van der Waals surface area contributed by atoms with Crippen LogP contribution in [0.15, 0.2) is 61.2 Å². The number of hydrogen-bond acceptors (Lipinski definition) is 8. The maximum Gasteiger partial charge on any atom is 0.238 e. The van der Waals surface area contributed by atoms with E-state index in [9.17, 15) is 9.59 Å². The van der Waals surface area contributed by atoms with E-state index in [-0.39, 0.29) is 18.2 Å². The molecule has 6 aromatic rings. The van der Waals surface area contributed by atoms with Crippen LogP contribution in [0.5, 0.6) is 0 Å². The van der Waals surface area contributed by atoms with E-state index >= 15 is 0 Å². The van der Waals surface area contributed by atoms with Crippen LogP contribution in [-0.2, 0) is 4.79 Å². The lowest BCUT2D eigenvalue weighted by atomic mass is 10.1. The molecule has 194 valence electrons. The molecule has 0 atom stereocenters. The van der Waals surface area contributed by atoms with E-state index in [1.165, 1.54) is 11.3 Å². The molecule has 11 heteroatoms. The van der Waals surface area contributed by atoms with Crippen LogP contribution in [-0.4, -0.2) is 67.4 Å². The van der Waals surface area contributed by atoms with Crippen molar-refractivity contribution in [2.24, 2.45) is 0 Å². The van der Waals surface area contributed by atoms with Gasteiger partial charge in [0, 0.05) is 46.0 Å². The standard InChI is InChI=1S/C28H24N8O2S/c1-15(37)23-4-5-24(39-23)27-19-10-22(33-21(19)6-7-30-27)26-20-9-17(12-31-28(20)35-34-26)16-8-18(13-29-11-16)32-25(38)14-36(2)3/h4-13,33H,14H2,1-3H3,(H,32,38)(H,31,34,35). The summed E-state index contributed by atoms with van der Waals surface area (Å²) in [6.07, 6.45) is 6.87. The Morgan fingerprint density at radius 2 is 1.82 bits per heavy atom. The molecule has 6 rings (SSSR count). The first-order chi connectivity index (χ1) is 18.9. The highest BCUT2D eigenvalue weighted by atomic mass is 32.1. The van der Waals surface area contributed by atoms with Crippen molar-refractivity contribution in [1.29, 1.82) is 0 Å². The largest absolute Gasteiger partial charge is 0.353 e. The molecule has 0 unspecified atom stereocenters. The number of nitrogens with one attached hydrogen (secondary N) is 3. The molecule has 1 amide bonds. The van der Waals surface area contributed by atoms with E-state index in [0.29, 0.717) is 16.2 Å². The van der Waals surface area contributed by atoms with Crippen LogP contribution in [0.1, 0.15) is 16.6 Å². The summed E-state index contributed by atoms with van der Waals surface area (Å²) in [5.41, 5.74) is 6.19. The second kappa shape index (κ2) is 9.86. The van der Waals surface area contributed by atoms with E-state index in [1.807, 2.05) is 50.5 Å². The summed E-state index contributed by atoms with van der Waals surface area (Å²) in [5.74, 6) is -0.0754. The highest BCUT2D eigenvalue weighted by Crippen LogP contribution is 2.36. The van der Waals surface area contributed by atoms with E-state index in [0.717, 1.165) is 49.4 Å². The minimum Gasteiger partial charge on any atom is -0.353 e. The quantitative estimate of drug-likeness (QED) is 0.245. The lowest BCUT2D eigenvalue weighted by Crippen LogP contribution is -2.27. The average Bonchev–Trinajstić information content (AvgIpc) is 3.65. The summed E-state index contributed by atoms with van der Waals surface area (Å²) < 4.78 is 0. The van der Waals surface area contributed by atoms with Crippen molar-refractivity contribution in [2.45, 2.75) is 6.92 Å². The van der Waals surface area contributed by atoms with Crippen LogP contribution in [0.25, 0.3) is 55.0 Å². The lowest BCUT2D eigenvalue weighted by Gasteiger charge is -2.10. The number of ketones is 1. The first kappa shape index (κ1) is 24.6. The van der Waals surface area contributed by atoms with Crippen molar-refractivity contribution in [1.82, 2.24) is 35.0 Å². The van der Waals surface area contributed by atoms with Crippen molar-refractivity contribution in [2.75, 3.05) is 26.0 Å². The van der Waals surface area contributed by atoms with E-state index < -0.39 is 0 Å². The Hall–Kier alpha value is -4.74. The molecular weight excluding hydrogens is 512 g/mol. The summed E-state index contributed by atoms with van der Waals surface area (Å²) in [5, 5.41) is 12.2. The summed E-state index contributed by atoms with van der Waals surface area (Å²) in [7, 11) is 3.68. The Kier molecular flexibility index (Phi) is 6.21. The van der Waals surface area contributed by atoms with Gasteiger partial charge >= 0.3 is 0 Å². The van der Waals surface area contributed by atoms with Crippen LogP contribution in [0.3, 0.4) is 0 Å². The van der Waals surface area contributed by atoms with E-state index in [1.54, 1.807) is 36.6 Å². The fourth-order valence-corrected chi connectivity index (χ4v) is 5.36. The summed E-state index contributed by atoms with van der Waals surface area (Å²) in [4.78, 5) is 44.4. The Morgan fingerprint density at radius 1 is 0.974 bits per heavy atom. The van der Waals surface area contributed by atoms with Crippen LogP contribution >= 0.6 is 11.3 Å².